The number of rotatable bonds is 6. The summed E-state index contributed by atoms with van der Waals surface area (Å²) in [6.07, 6.45) is 2.05. The summed E-state index contributed by atoms with van der Waals surface area (Å²) in [6, 6.07) is 12.0. The van der Waals surface area contributed by atoms with Gasteiger partial charge in [-0.15, -0.1) is 11.3 Å². The van der Waals surface area contributed by atoms with Gasteiger partial charge in [-0.25, -0.2) is 18.4 Å². The maximum atomic E-state index is 12.8. The van der Waals surface area contributed by atoms with Crippen LogP contribution in [0.1, 0.15) is 13.3 Å². The van der Waals surface area contributed by atoms with E-state index in [-0.39, 0.29) is 29.2 Å². The van der Waals surface area contributed by atoms with Crippen molar-refractivity contribution in [2.75, 3.05) is 23.8 Å². The minimum atomic E-state index is -3.02. The molecule has 2 aromatic heterocycles. The second-order valence-corrected chi connectivity index (χ2v) is 11.1. The Kier molecular flexibility index (Phi) is 5.89. The van der Waals surface area contributed by atoms with Crippen molar-refractivity contribution in [3.63, 3.8) is 0 Å². The van der Waals surface area contributed by atoms with Gasteiger partial charge in [0, 0.05) is 22.8 Å². The quantitative estimate of drug-likeness (QED) is 0.425. The molecule has 1 aliphatic heterocycles. The van der Waals surface area contributed by atoms with E-state index in [0.29, 0.717) is 13.0 Å². The Hall–Kier alpha value is -1.97. The molecular formula is C20H21N3O3S3. The first kappa shape index (κ1) is 20.3. The van der Waals surface area contributed by atoms with E-state index in [1.807, 2.05) is 25.1 Å². The van der Waals surface area contributed by atoms with Gasteiger partial charge in [0.05, 0.1) is 17.3 Å². The molecule has 1 amide bonds. The molecular weight excluding hydrogens is 426 g/mol. The van der Waals surface area contributed by atoms with Gasteiger partial charge >= 0.3 is 0 Å². The Labute approximate surface area is 178 Å². The summed E-state index contributed by atoms with van der Waals surface area (Å²) in [5.41, 5.74) is 1.13. The second-order valence-electron chi connectivity index (χ2n) is 6.90. The molecule has 3 aromatic rings. The fourth-order valence-electron chi connectivity index (χ4n) is 3.57. The molecule has 9 heteroatoms. The van der Waals surface area contributed by atoms with E-state index in [1.165, 1.54) is 18.1 Å². The van der Waals surface area contributed by atoms with Crippen LogP contribution in [0.3, 0.4) is 0 Å². The maximum Gasteiger partial charge on any atom is 0.233 e. The Morgan fingerprint density at radius 1 is 1.28 bits per heavy atom. The molecule has 0 aliphatic carbocycles. The number of aromatic nitrogens is 2. The van der Waals surface area contributed by atoms with Crippen LogP contribution in [0.4, 0.5) is 0 Å². The van der Waals surface area contributed by atoms with Crippen molar-refractivity contribution >= 4 is 49.1 Å². The molecule has 3 heterocycles. The molecule has 1 atom stereocenters. The van der Waals surface area contributed by atoms with E-state index in [0.717, 1.165) is 25.7 Å². The minimum absolute atomic E-state index is 0.0510. The third-order valence-electron chi connectivity index (χ3n) is 4.99. The largest absolute Gasteiger partial charge is 0.338 e. The molecule has 1 saturated heterocycles. The highest BCUT2D eigenvalue weighted by molar-refractivity contribution is 8.00. The molecule has 152 valence electrons. The number of nitrogens with zero attached hydrogens (tertiary/aromatic N) is 3. The fraction of sp³-hybridized carbons (Fsp3) is 0.350. The van der Waals surface area contributed by atoms with Crippen LogP contribution >= 0.6 is 23.1 Å². The summed E-state index contributed by atoms with van der Waals surface area (Å²) >= 11 is 2.99. The topological polar surface area (TPSA) is 80.2 Å². The minimum Gasteiger partial charge on any atom is -0.338 e. The molecule has 4 rings (SSSR count). The van der Waals surface area contributed by atoms with Crippen LogP contribution in [0, 0.1) is 0 Å². The van der Waals surface area contributed by atoms with Crippen LogP contribution in [0.5, 0.6) is 0 Å². The number of fused-ring (bicyclic) bond motifs is 1. The molecule has 29 heavy (non-hydrogen) atoms. The van der Waals surface area contributed by atoms with Gasteiger partial charge in [0.25, 0.3) is 0 Å². The van der Waals surface area contributed by atoms with Crippen LogP contribution in [0.2, 0.25) is 0 Å². The Morgan fingerprint density at radius 3 is 2.76 bits per heavy atom. The molecule has 1 fully saturated rings. The van der Waals surface area contributed by atoms with Gasteiger partial charge in [0.15, 0.2) is 9.84 Å². The summed E-state index contributed by atoms with van der Waals surface area (Å²) in [4.78, 5) is 25.2. The van der Waals surface area contributed by atoms with E-state index < -0.39 is 9.84 Å². The number of amides is 1. The Balaban J connectivity index is 1.50. The zero-order valence-electron chi connectivity index (χ0n) is 15.9. The summed E-state index contributed by atoms with van der Waals surface area (Å²) in [5, 5.41) is 1.72. The normalized spacial score (nSPS) is 18.2. The summed E-state index contributed by atoms with van der Waals surface area (Å²) < 4.78 is 23.5. The van der Waals surface area contributed by atoms with Crippen molar-refractivity contribution in [1.82, 2.24) is 14.9 Å². The predicted octanol–water partition coefficient (Wildman–Crippen LogP) is 3.49. The van der Waals surface area contributed by atoms with Gasteiger partial charge in [-0.3, -0.25) is 4.79 Å². The van der Waals surface area contributed by atoms with Crippen LogP contribution in [-0.2, 0) is 14.6 Å². The Bertz CT molecular complexity index is 1130. The van der Waals surface area contributed by atoms with E-state index in [1.54, 1.807) is 16.2 Å². The van der Waals surface area contributed by atoms with Gasteiger partial charge in [-0.1, -0.05) is 42.1 Å². The third-order valence-corrected chi connectivity index (χ3v) is 8.83. The molecule has 6 nitrogen and oxygen atoms in total. The van der Waals surface area contributed by atoms with E-state index in [9.17, 15) is 13.2 Å². The lowest BCUT2D eigenvalue weighted by Gasteiger charge is -2.26. The first-order valence-electron chi connectivity index (χ1n) is 9.39. The fourth-order valence-corrected chi connectivity index (χ4v) is 7.22. The second kappa shape index (κ2) is 8.41. The summed E-state index contributed by atoms with van der Waals surface area (Å²) in [5.74, 6) is 0.413. The molecule has 0 unspecified atom stereocenters. The van der Waals surface area contributed by atoms with Crippen LogP contribution < -0.4 is 0 Å². The number of sulfone groups is 1. The third kappa shape index (κ3) is 4.46. The molecule has 0 radical (unpaired) electrons. The molecule has 0 N–H and O–H groups in total. The zero-order valence-corrected chi connectivity index (χ0v) is 18.4. The van der Waals surface area contributed by atoms with Crippen LogP contribution in [0.15, 0.2) is 47.8 Å². The monoisotopic (exact) mass is 447 g/mol. The summed E-state index contributed by atoms with van der Waals surface area (Å²) in [7, 11) is -3.02. The molecule has 0 saturated carbocycles. The summed E-state index contributed by atoms with van der Waals surface area (Å²) in [6.45, 7) is 2.40. The lowest BCUT2D eigenvalue weighted by atomic mass is 10.2. The highest BCUT2D eigenvalue weighted by atomic mass is 32.2. The van der Waals surface area contributed by atoms with Crippen molar-refractivity contribution < 1.29 is 13.2 Å². The average molecular weight is 448 g/mol. The number of benzene rings is 1. The van der Waals surface area contributed by atoms with Gasteiger partial charge in [-0.05, 0) is 25.0 Å². The lowest BCUT2D eigenvalue weighted by Crippen LogP contribution is -2.41. The first-order chi connectivity index (χ1) is 14.0. The van der Waals surface area contributed by atoms with E-state index in [4.69, 9.17) is 0 Å². The van der Waals surface area contributed by atoms with Gasteiger partial charge < -0.3 is 4.90 Å². The zero-order chi connectivity index (χ0) is 20.4. The van der Waals surface area contributed by atoms with Crippen LogP contribution in [-0.4, -0.2) is 59.0 Å². The van der Waals surface area contributed by atoms with Gasteiger partial charge in [0.1, 0.15) is 16.2 Å². The van der Waals surface area contributed by atoms with Crippen molar-refractivity contribution in [3.05, 3.63) is 42.7 Å². The predicted molar refractivity (Wildman–Crippen MR) is 118 cm³/mol. The average Bonchev–Trinajstić information content (AvgIpc) is 3.31. The van der Waals surface area contributed by atoms with E-state index in [2.05, 4.69) is 28.2 Å². The van der Waals surface area contributed by atoms with Crippen molar-refractivity contribution in [2.45, 2.75) is 24.4 Å². The number of thioether (sulfide) groups is 1. The Morgan fingerprint density at radius 2 is 2.07 bits per heavy atom. The smallest absolute Gasteiger partial charge is 0.233 e. The van der Waals surface area contributed by atoms with Crippen molar-refractivity contribution in [2.24, 2.45) is 0 Å². The number of hydrogen-bond acceptors (Lipinski definition) is 7. The maximum absolute atomic E-state index is 12.8. The van der Waals surface area contributed by atoms with Gasteiger partial charge in [0.2, 0.25) is 5.91 Å². The number of thiophene rings is 1. The van der Waals surface area contributed by atoms with Gasteiger partial charge in [-0.2, -0.15) is 0 Å². The standard InChI is InChI=1S/C20H21N3O3S3/c1-2-23(15-8-9-29(25,26)12-15)18(24)11-27-19-16-10-17(14-6-4-3-5-7-14)28-20(16)22-13-21-19/h3-7,10,13,15H,2,8-9,11-12H2,1H3/t15-/m1/s1. The highest BCUT2D eigenvalue weighted by Crippen LogP contribution is 2.36. The van der Waals surface area contributed by atoms with Crippen molar-refractivity contribution in [3.8, 4) is 10.4 Å². The molecule has 0 spiro atoms. The SMILES string of the molecule is CCN(C(=O)CSc1ncnc2sc(-c3ccccc3)cc12)[C@@H]1CCS(=O)(=O)C1. The van der Waals surface area contributed by atoms with Crippen LogP contribution in [0.25, 0.3) is 20.7 Å². The molecule has 0 bridgehead atoms. The van der Waals surface area contributed by atoms with E-state index >= 15 is 0 Å². The molecule has 1 aliphatic rings. The van der Waals surface area contributed by atoms with Crippen molar-refractivity contribution in [1.29, 1.82) is 0 Å². The highest BCUT2D eigenvalue weighted by Gasteiger charge is 2.33. The number of carbonyl (C=O) groups is 1. The lowest BCUT2D eigenvalue weighted by molar-refractivity contribution is -0.129. The first-order valence-corrected chi connectivity index (χ1v) is 13.0. The molecule has 1 aromatic carbocycles. The number of carbonyl (C=O) groups excluding carboxylic acids is 1. The number of hydrogen-bond donors (Lipinski definition) is 0.